The maximum Gasteiger partial charge on any atom is 0.306 e. The Hall–Kier alpha value is -4.97. The molecule has 0 radical (unpaired) electrons. The van der Waals surface area contributed by atoms with Gasteiger partial charge in [-0.15, -0.1) is 0 Å². The van der Waals surface area contributed by atoms with E-state index in [2.05, 4.69) is 167 Å². The largest absolute Gasteiger partial charge is 0.462 e. The lowest BCUT2D eigenvalue weighted by Gasteiger charge is -2.18. The summed E-state index contributed by atoms with van der Waals surface area (Å²) < 4.78 is 16.7. The zero-order valence-corrected chi connectivity index (χ0v) is 46.6. The summed E-state index contributed by atoms with van der Waals surface area (Å²) in [6.07, 6.45) is 86.7. The number of carbonyl (C=O) groups is 3. The van der Waals surface area contributed by atoms with E-state index >= 15 is 0 Å². The Labute approximate surface area is 448 Å². The average Bonchev–Trinajstić information content (AvgIpc) is 3.39. The van der Waals surface area contributed by atoms with Crippen molar-refractivity contribution in [1.82, 2.24) is 0 Å². The number of carbonyl (C=O) groups excluding carboxylic acids is 3. The highest BCUT2D eigenvalue weighted by molar-refractivity contribution is 5.71. The van der Waals surface area contributed by atoms with Gasteiger partial charge < -0.3 is 14.2 Å². The molecule has 0 saturated carbocycles. The third kappa shape index (κ3) is 57.8. The summed E-state index contributed by atoms with van der Waals surface area (Å²) in [7, 11) is 0. The lowest BCUT2D eigenvalue weighted by atomic mass is 10.1. The van der Waals surface area contributed by atoms with Gasteiger partial charge in [-0.25, -0.2) is 0 Å². The molecule has 0 fully saturated rings. The van der Waals surface area contributed by atoms with Gasteiger partial charge in [0.05, 0.1) is 0 Å². The van der Waals surface area contributed by atoms with Crippen LogP contribution in [0.2, 0.25) is 0 Å². The van der Waals surface area contributed by atoms with Gasteiger partial charge in [0, 0.05) is 19.3 Å². The van der Waals surface area contributed by atoms with E-state index in [4.69, 9.17) is 14.2 Å². The van der Waals surface area contributed by atoms with Gasteiger partial charge in [0.2, 0.25) is 0 Å². The number of esters is 3. The first-order valence-electron chi connectivity index (χ1n) is 29.0. The van der Waals surface area contributed by atoms with Crippen molar-refractivity contribution in [3.63, 3.8) is 0 Å². The van der Waals surface area contributed by atoms with E-state index in [1.807, 2.05) is 12.2 Å². The normalized spacial score (nSPS) is 13.3. The molecule has 0 saturated heterocycles. The first-order chi connectivity index (χ1) is 36.0. The summed E-state index contributed by atoms with van der Waals surface area (Å²) in [5.74, 6) is -1.12. The van der Waals surface area contributed by atoms with Crippen LogP contribution in [-0.4, -0.2) is 37.2 Å². The van der Waals surface area contributed by atoms with Crippen molar-refractivity contribution in [1.29, 1.82) is 0 Å². The van der Waals surface area contributed by atoms with E-state index < -0.39 is 6.10 Å². The Bertz CT molecular complexity index is 1670. The molecule has 0 bridgehead atoms. The van der Waals surface area contributed by atoms with Crippen LogP contribution in [0.25, 0.3) is 0 Å². The number of ether oxygens (including phenoxy) is 3. The maximum absolute atomic E-state index is 12.9. The van der Waals surface area contributed by atoms with Crippen LogP contribution in [0.4, 0.5) is 0 Å². The van der Waals surface area contributed by atoms with E-state index in [-0.39, 0.29) is 50.4 Å². The molecule has 0 amide bonds. The highest BCUT2D eigenvalue weighted by Gasteiger charge is 2.19. The lowest BCUT2D eigenvalue weighted by molar-refractivity contribution is -0.166. The molecule has 408 valence electrons. The number of hydrogen-bond donors (Lipinski definition) is 0. The monoisotopic (exact) mass is 1000 g/mol. The van der Waals surface area contributed by atoms with Crippen LogP contribution in [0.1, 0.15) is 226 Å². The molecule has 0 heterocycles. The molecule has 0 N–H and O–H groups in total. The summed E-state index contributed by atoms with van der Waals surface area (Å²) in [5, 5.41) is 0. The van der Waals surface area contributed by atoms with Crippen LogP contribution in [0.5, 0.6) is 0 Å². The van der Waals surface area contributed by atoms with Gasteiger partial charge in [0.15, 0.2) is 6.10 Å². The molecule has 6 nitrogen and oxygen atoms in total. The minimum atomic E-state index is -0.856. The van der Waals surface area contributed by atoms with Gasteiger partial charge in [0.25, 0.3) is 0 Å². The van der Waals surface area contributed by atoms with Crippen LogP contribution in [0.15, 0.2) is 158 Å². The Kier molecular flexibility index (Phi) is 55.5. The first-order valence-corrected chi connectivity index (χ1v) is 29.0. The zero-order valence-electron chi connectivity index (χ0n) is 46.6. The molecule has 0 aromatic heterocycles. The van der Waals surface area contributed by atoms with Gasteiger partial charge in [-0.2, -0.15) is 0 Å². The highest BCUT2D eigenvalue weighted by atomic mass is 16.6. The fraction of sp³-hybridized carbons (Fsp3) is 0.567. The van der Waals surface area contributed by atoms with E-state index in [9.17, 15) is 14.4 Å². The second-order valence-corrected chi connectivity index (χ2v) is 18.5. The highest BCUT2D eigenvalue weighted by Crippen LogP contribution is 2.10. The molecule has 0 unspecified atom stereocenters. The fourth-order valence-corrected chi connectivity index (χ4v) is 7.10. The van der Waals surface area contributed by atoms with Crippen molar-refractivity contribution in [3.8, 4) is 0 Å². The third-order valence-corrected chi connectivity index (χ3v) is 11.5. The van der Waals surface area contributed by atoms with Gasteiger partial charge in [-0.1, -0.05) is 224 Å². The molecule has 0 aromatic rings. The Morgan fingerprint density at radius 1 is 0.274 bits per heavy atom. The summed E-state index contributed by atoms with van der Waals surface area (Å²) in [4.78, 5) is 38.1. The van der Waals surface area contributed by atoms with Crippen LogP contribution >= 0.6 is 0 Å². The van der Waals surface area contributed by atoms with Crippen LogP contribution < -0.4 is 0 Å². The molecular formula is C67H104O6. The second-order valence-electron chi connectivity index (χ2n) is 18.5. The van der Waals surface area contributed by atoms with Crippen molar-refractivity contribution < 1.29 is 28.6 Å². The van der Waals surface area contributed by atoms with Crippen molar-refractivity contribution in [2.75, 3.05) is 13.2 Å². The SMILES string of the molecule is CCCCC/C=C\C/C=C\C/C=C\C/C=C\C/C=C\CCC(=O)OC[C@H](COC(=O)CCC/C=C\C/C=C\C/C=C\C/C=C\CCCCC)OC(=O)CCCCC/C=C\C/C=C\C/C=C\C/C=C\CCCCC. The van der Waals surface area contributed by atoms with E-state index in [1.165, 1.54) is 77.0 Å². The summed E-state index contributed by atoms with van der Waals surface area (Å²) >= 11 is 0. The van der Waals surface area contributed by atoms with Crippen molar-refractivity contribution in [2.24, 2.45) is 0 Å². The molecule has 6 heteroatoms. The molecule has 0 aliphatic heterocycles. The quantitative estimate of drug-likeness (QED) is 0.0261. The number of rotatable bonds is 50. The Morgan fingerprint density at radius 2 is 0.534 bits per heavy atom. The van der Waals surface area contributed by atoms with Crippen molar-refractivity contribution in [2.45, 2.75) is 232 Å². The second kappa shape index (κ2) is 59.6. The molecule has 0 aliphatic rings. The Morgan fingerprint density at radius 3 is 0.863 bits per heavy atom. The van der Waals surface area contributed by atoms with Gasteiger partial charge in [-0.3, -0.25) is 14.4 Å². The minimum Gasteiger partial charge on any atom is -0.462 e. The standard InChI is InChI=1S/C67H104O6/c1-4-7-10-13-16-19-22-25-28-31-33-36-39-42-45-48-51-54-57-60-66(69)72-63-64(62-71-65(68)59-56-53-50-47-44-41-38-35-30-27-24-21-18-15-12-9-6-3)73-67(70)61-58-55-52-49-46-43-40-37-34-32-29-26-23-20-17-14-11-8-5-2/h16-21,25-30,33-34,36-38,41-43,45-47,50-51,54,64H,4-15,22-24,31-32,35,39-40,44,48-49,52-53,55-63H2,1-3H3/b19-16-,20-17-,21-18-,28-25-,29-26-,30-27-,36-33-,37-34-,41-38-,45-42-,46-43-,50-47-,54-51-/t64-/m0/s1. The zero-order chi connectivity index (χ0) is 52.9. The van der Waals surface area contributed by atoms with Crippen LogP contribution in [0.3, 0.4) is 0 Å². The van der Waals surface area contributed by atoms with Crippen LogP contribution in [0, 0.1) is 0 Å². The van der Waals surface area contributed by atoms with Gasteiger partial charge >= 0.3 is 17.9 Å². The molecule has 73 heavy (non-hydrogen) atoms. The van der Waals surface area contributed by atoms with Crippen molar-refractivity contribution in [3.05, 3.63) is 158 Å². The molecule has 0 spiro atoms. The molecule has 0 aliphatic carbocycles. The van der Waals surface area contributed by atoms with Crippen molar-refractivity contribution >= 4 is 17.9 Å². The Balaban J connectivity index is 4.68. The average molecular weight is 1010 g/mol. The maximum atomic E-state index is 12.9. The van der Waals surface area contributed by atoms with Gasteiger partial charge in [-0.05, 0) is 141 Å². The number of hydrogen-bond acceptors (Lipinski definition) is 6. The van der Waals surface area contributed by atoms with Crippen LogP contribution in [-0.2, 0) is 28.6 Å². The first kappa shape index (κ1) is 68.0. The topological polar surface area (TPSA) is 78.9 Å². The molecule has 1 atom stereocenters. The van der Waals surface area contributed by atoms with E-state index in [1.54, 1.807) is 0 Å². The minimum absolute atomic E-state index is 0.150. The third-order valence-electron chi connectivity index (χ3n) is 11.5. The predicted molar refractivity (Wildman–Crippen MR) is 315 cm³/mol. The van der Waals surface area contributed by atoms with Gasteiger partial charge in [0.1, 0.15) is 13.2 Å². The summed E-state index contributed by atoms with van der Waals surface area (Å²) in [6.45, 7) is 6.40. The van der Waals surface area contributed by atoms with E-state index in [0.29, 0.717) is 19.3 Å². The number of allylic oxidation sites excluding steroid dienone is 26. The summed E-state index contributed by atoms with van der Waals surface area (Å²) in [5.41, 5.74) is 0. The fourth-order valence-electron chi connectivity index (χ4n) is 7.10. The summed E-state index contributed by atoms with van der Waals surface area (Å²) in [6, 6.07) is 0. The molecule has 0 aromatic carbocycles. The van der Waals surface area contributed by atoms with E-state index in [0.717, 1.165) is 89.9 Å². The molecular weight excluding hydrogens is 901 g/mol. The lowest BCUT2D eigenvalue weighted by Crippen LogP contribution is -2.30. The predicted octanol–water partition coefficient (Wildman–Crippen LogP) is 19.8. The molecule has 0 rings (SSSR count). The number of unbranched alkanes of at least 4 members (excludes halogenated alkanes) is 13. The smallest absolute Gasteiger partial charge is 0.306 e.